The molecule has 4 nitrogen and oxygen atoms in total. The van der Waals surface area contributed by atoms with Gasteiger partial charge in [0.1, 0.15) is 0 Å². The van der Waals surface area contributed by atoms with Crippen molar-refractivity contribution in [1.29, 1.82) is 0 Å². The topological polar surface area (TPSA) is 30.9 Å². The number of nitrogens with one attached hydrogen (secondary N) is 1. The van der Waals surface area contributed by atoms with Crippen LogP contribution in [0.1, 0.15) is 59.3 Å². The fraction of sp³-hybridized carbons (Fsp3) is 0.947. The smallest absolute Gasteiger partial charge is 0.193 e. The van der Waals surface area contributed by atoms with Crippen LogP contribution >= 0.6 is 24.0 Å². The highest BCUT2D eigenvalue weighted by molar-refractivity contribution is 14.0. The highest BCUT2D eigenvalue weighted by Crippen LogP contribution is 2.16. The van der Waals surface area contributed by atoms with E-state index in [-0.39, 0.29) is 24.0 Å². The van der Waals surface area contributed by atoms with Gasteiger partial charge in [-0.1, -0.05) is 13.8 Å². The summed E-state index contributed by atoms with van der Waals surface area (Å²) in [6.07, 6.45) is 7.97. The van der Waals surface area contributed by atoms with Gasteiger partial charge in [0.25, 0.3) is 0 Å². The Hall–Kier alpha value is -0.0400. The number of halogens is 1. The first-order chi connectivity index (χ1) is 11.2. The van der Waals surface area contributed by atoms with E-state index in [1.165, 1.54) is 64.7 Å². The highest BCUT2D eigenvalue weighted by atomic mass is 127. The zero-order chi connectivity index (χ0) is 16.5. The lowest BCUT2D eigenvalue weighted by Gasteiger charge is -2.33. The van der Waals surface area contributed by atoms with E-state index in [2.05, 4.69) is 35.9 Å². The van der Waals surface area contributed by atoms with E-state index in [1.54, 1.807) is 0 Å². The number of likely N-dealkylation sites (tertiary alicyclic amines) is 2. The fourth-order valence-corrected chi connectivity index (χ4v) is 3.93. The van der Waals surface area contributed by atoms with E-state index in [0.29, 0.717) is 0 Å². The Kier molecular flexibility index (Phi) is 11.3. The molecule has 2 unspecified atom stereocenters. The summed E-state index contributed by atoms with van der Waals surface area (Å²) in [6, 6.07) is 0. The van der Waals surface area contributed by atoms with Crippen LogP contribution in [0.5, 0.6) is 0 Å². The summed E-state index contributed by atoms with van der Waals surface area (Å²) in [7, 11) is 0. The van der Waals surface area contributed by atoms with E-state index < -0.39 is 0 Å². The summed E-state index contributed by atoms with van der Waals surface area (Å²) in [6.45, 7) is 15.1. The van der Waals surface area contributed by atoms with Crippen molar-refractivity contribution in [3.63, 3.8) is 0 Å². The standard InChI is InChI=1S/C19H38N4.HI/c1-4-20-19(23-14-8-10-18(3)16-23)21-11-5-6-12-22-13-7-9-17(2)15-22;/h17-18H,4-16H2,1-3H3,(H,20,21);1H. The van der Waals surface area contributed by atoms with Crippen molar-refractivity contribution in [3.05, 3.63) is 0 Å². The Morgan fingerprint density at radius 2 is 1.75 bits per heavy atom. The Labute approximate surface area is 166 Å². The van der Waals surface area contributed by atoms with E-state index in [9.17, 15) is 0 Å². The van der Waals surface area contributed by atoms with E-state index in [1.807, 2.05) is 0 Å². The minimum absolute atomic E-state index is 0. The van der Waals surface area contributed by atoms with Crippen LogP contribution in [-0.4, -0.2) is 61.6 Å². The van der Waals surface area contributed by atoms with Crippen LogP contribution in [0, 0.1) is 11.8 Å². The molecule has 0 aliphatic carbocycles. The molecule has 0 aromatic rings. The molecule has 0 aromatic heterocycles. The molecule has 2 aliphatic heterocycles. The lowest BCUT2D eigenvalue weighted by molar-refractivity contribution is 0.181. The average Bonchev–Trinajstić information content (AvgIpc) is 2.53. The first-order valence-corrected chi connectivity index (χ1v) is 9.94. The van der Waals surface area contributed by atoms with Gasteiger partial charge in [-0.05, 0) is 70.4 Å². The van der Waals surface area contributed by atoms with Gasteiger partial charge in [0.2, 0.25) is 0 Å². The lowest BCUT2D eigenvalue weighted by Crippen LogP contribution is -2.46. The second-order valence-corrected chi connectivity index (χ2v) is 7.68. The monoisotopic (exact) mass is 450 g/mol. The van der Waals surface area contributed by atoms with E-state index in [4.69, 9.17) is 4.99 Å². The van der Waals surface area contributed by atoms with Crippen molar-refractivity contribution in [3.8, 4) is 0 Å². The Bertz CT molecular complexity index is 361. The zero-order valence-electron chi connectivity index (χ0n) is 16.1. The van der Waals surface area contributed by atoms with Crippen LogP contribution in [0.2, 0.25) is 0 Å². The van der Waals surface area contributed by atoms with Gasteiger partial charge in [0, 0.05) is 32.7 Å². The Morgan fingerprint density at radius 1 is 1.04 bits per heavy atom. The molecular weight excluding hydrogens is 411 g/mol. The maximum atomic E-state index is 4.88. The second-order valence-electron chi connectivity index (χ2n) is 7.68. The van der Waals surface area contributed by atoms with E-state index >= 15 is 0 Å². The van der Waals surface area contributed by atoms with E-state index in [0.717, 1.165) is 37.4 Å². The molecule has 24 heavy (non-hydrogen) atoms. The predicted octanol–water partition coefficient (Wildman–Crippen LogP) is 3.81. The van der Waals surface area contributed by atoms with Gasteiger partial charge < -0.3 is 15.1 Å². The number of rotatable bonds is 6. The number of unbranched alkanes of at least 4 members (excludes halogenated alkanes) is 1. The summed E-state index contributed by atoms with van der Waals surface area (Å²) in [4.78, 5) is 9.99. The molecule has 2 fully saturated rings. The first kappa shape index (κ1) is 22.0. The quantitative estimate of drug-likeness (QED) is 0.289. The normalized spacial score (nSPS) is 26.1. The summed E-state index contributed by atoms with van der Waals surface area (Å²) in [5, 5.41) is 3.48. The van der Waals surface area contributed by atoms with Gasteiger partial charge >= 0.3 is 0 Å². The largest absolute Gasteiger partial charge is 0.357 e. The molecule has 2 aliphatic rings. The molecule has 0 radical (unpaired) electrons. The molecule has 2 heterocycles. The Balaban J connectivity index is 0.00000288. The molecule has 0 bridgehead atoms. The number of piperidine rings is 2. The summed E-state index contributed by atoms with van der Waals surface area (Å²) < 4.78 is 0. The average molecular weight is 450 g/mol. The second kappa shape index (κ2) is 12.3. The minimum Gasteiger partial charge on any atom is -0.357 e. The third-order valence-corrected chi connectivity index (χ3v) is 5.18. The summed E-state index contributed by atoms with van der Waals surface area (Å²) >= 11 is 0. The SMILES string of the molecule is CCNC(=NCCCCN1CCCC(C)C1)N1CCCC(C)C1.I. The molecule has 0 amide bonds. The number of hydrogen-bond donors (Lipinski definition) is 1. The Morgan fingerprint density at radius 3 is 2.42 bits per heavy atom. The number of aliphatic imine (C=N–C) groups is 1. The maximum Gasteiger partial charge on any atom is 0.193 e. The van der Waals surface area contributed by atoms with Crippen molar-refractivity contribution in [2.24, 2.45) is 16.8 Å². The third kappa shape index (κ3) is 7.89. The third-order valence-electron chi connectivity index (χ3n) is 5.18. The van der Waals surface area contributed by atoms with Gasteiger partial charge in [-0.15, -0.1) is 24.0 Å². The molecule has 0 saturated carbocycles. The molecule has 142 valence electrons. The van der Waals surface area contributed by atoms with Crippen LogP contribution < -0.4 is 5.32 Å². The lowest BCUT2D eigenvalue weighted by atomic mass is 10.0. The number of guanidine groups is 1. The first-order valence-electron chi connectivity index (χ1n) is 9.94. The highest BCUT2D eigenvalue weighted by Gasteiger charge is 2.19. The fourth-order valence-electron chi connectivity index (χ4n) is 3.93. The molecule has 1 N–H and O–H groups in total. The number of nitrogens with zero attached hydrogens (tertiary/aromatic N) is 3. The zero-order valence-corrected chi connectivity index (χ0v) is 18.4. The van der Waals surface area contributed by atoms with Crippen LogP contribution in [0.25, 0.3) is 0 Å². The van der Waals surface area contributed by atoms with Crippen molar-refractivity contribution < 1.29 is 0 Å². The number of hydrogen-bond acceptors (Lipinski definition) is 2. The van der Waals surface area contributed by atoms with Crippen LogP contribution in [0.4, 0.5) is 0 Å². The molecular formula is C19H39IN4. The van der Waals surface area contributed by atoms with Crippen molar-refractivity contribution in [1.82, 2.24) is 15.1 Å². The summed E-state index contributed by atoms with van der Waals surface area (Å²) in [5.41, 5.74) is 0. The van der Waals surface area contributed by atoms with Crippen molar-refractivity contribution in [2.45, 2.75) is 59.3 Å². The van der Waals surface area contributed by atoms with Gasteiger partial charge in [-0.3, -0.25) is 4.99 Å². The summed E-state index contributed by atoms with van der Waals surface area (Å²) in [5.74, 6) is 2.84. The van der Waals surface area contributed by atoms with Gasteiger partial charge in [0.05, 0.1) is 0 Å². The van der Waals surface area contributed by atoms with Crippen LogP contribution in [-0.2, 0) is 0 Å². The van der Waals surface area contributed by atoms with Gasteiger partial charge in [-0.25, -0.2) is 0 Å². The van der Waals surface area contributed by atoms with Crippen molar-refractivity contribution >= 4 is 29.9 Å². The molecule has 0 aromatic carbocycles. The van der Waals surface area contributed by atoms with Gasteiger partial charge in [-0.2, -0.15) is 0 Å². The van der Waals surface area contributed by atoms with Crippen LogP contribution in [0.15, 0.2) is 4.99 Å². The van der Waals surface area contributed by atoms with Crippen LogP contribution in [0.3, 0.4) is 0 Å². The predicted molar refractivity (Wildman–Crippen MR) is 115 cm³/mol. The maximum absolute atomic E-state index is 4.88. The molecule has 2 saturated heterocycles. The molecule has 5 heteroatoms. The van der Waals surface area contributed by atoms with Gasteiger partial charge in [0.15, 0.2) is 5.96 Å². The van der Waals surface area contributed by atoms with Crippen molar-refractivity contribution in [2.75, 3.05) is 45.8 Å². The molecule has 2 atom stereocenters. The molecule has 0 spiro atoms. The molecule has 2 rings (SSSR count). The minimum atomic E-state index is 0.